The number of alkyl carbamates (subject to hydrolysis) is 1. The Labute approximate surface area is 234 Å². The Kier molecular flexibility index (Phi) is 8.87. The van der Waals surface area contributed by atoms with Crippen LogP contribution in [0.4, 0.5) is 9.18 Å². The van der Waals surface area contributed by atoms with Gasteiger partial charge in [-0.15, -0.1) is 0 Å². The fourth-order valence-corrected chi connectivity index (χ4v) is 4.42. The highest BCUT2D eigenvalue weighted by Crippen LogP contribution is 2.24. The van der Waals surface area contributed by atoms with Crippen molar-refractivity contribution in [1.29, 1.82) is 0 Å². The second-order valence-corrected chi connectivity index (χ2v) is 11.0. The number of benzene rings is 3. The van der Waals surface area contributed by atoms with Crippen LogP contribution in [-0.4, -0.2) is 33.3 Å². The van der Waals surface area contributed by atoms with E-state index in [1.165, 1.54) is 12.1 Å². The summed E-state index contributed by atoms with van der Waals surface area (Å²) in [6.45, 7) is 9.84. The van der Waals surface area contributed by atoms with Gasteiger partial charge in [0.05, 0.1) is 11.0 Å². The van der Waals surface area contributed by atoms with E-state index in [1.807, 2.05) is 60.9 Å². The number of aromatic nitrogens is 2. The van der Waals surface area contributed by atoms with Crippen LogP contribution in [-0.2, 0) is 33.8 Å². The van der Waals surface area contributed by atoms with Gasteiger partial charge in [-0.3, -0.25) is 0 Å². The first-order valence-electron chi connectivity index (χ1n) is 13.4. The molecule has 1 aromatic heterocycles. The van der Waals surface area contributed by atoms with Gasteiger partial charge in [-0.25, -0.2) is 19.0 Å². The second kappa shape index (κ2) is 12.3. The Bertz CT molecular complexity index is 1490. The number of ether oxygens (including phenoxy) is 2. The topological polar surface area (TPSA) is 82.4 Å². The van der Waals surface area contributed by atoms with Crippen molar-refractivity contribution < 1.29 is 23.5 Å². The van der Waals surface area contributed by atoms with Gasteiger partial charge in [0.1, 0.15) is 29.9 Å². The Morgan fingerprint density at radius 1 is 0.975 bits per heavy atom. The molecule has 0 aliphatic carbocycles. The third-order valence-electron chi connectivity index (χ3n) is 6.53. The molecular weight excluding hydrogens is 509 g/mol. The van der Waals surface area contributed by atoms with E-state index in [0.29, 0.717) is 13.0 Å². The van der Waals surface area contributed by atoms with Crippen LogP contribution in [0.2, 0.25) is 0 Å². The fourth-order valence-electron chi connectivity index (χ4n) is 4.42. The number of rotatable bonds is 9. The quantitative estimate of drug-likeness (QED) is 0.246. The molecule has 8 heteroatoms. The third-order valence-corrected chi connectivity index (χ3v) is 6.53. The normalized spacial score (nSPS) is 12.2. The van der Waals surface area contributed by atoms with Crippen LogP contribution >= 0.6 is 0 Å². The summed E-state index contributed by atoms with van der Waals surface area (Å²) in [6, 6.07) is 19.0. The number of amides is 1. The molecule has 0 aliphatic heterocycles. The molecule has 1 unspecified atom stereocenters. The van der Waals surface area contributed by atoms with Crippen LogP contribution in [0.25, 0.3) is 11.0 Å². The van der Waals surface area contributed by atoms with E-state index in [1.54, 1.807) is 26.8 Å². The summed E-state index contributed by atoms with van der Waals surface area (Å²) in [4.78, 5) is 30.6. The van der Waals surface area contributed by atoms with Crippen LogP contribution in [0.5, 0.6) is 0 Å². The molecule has 0 saturated heterocycles. The minimum absolute atomic E-state index is 0.0861. The van der Waals surface area contributed by atoms with E-state index in [0.717, 1.165) is 39.1 Å². The van der Waals surface area contributed by atoms with Crippen LogP contribution < -0.4 is 5.32 Å². The molecule has 4 rings (SSSR count). The minimum atomic E-state index is -0.954. The van der Waals surface area contributed by atoms with Crippen LogP contribution in [0, 0.1) is 19.7 Å². The first-order valence-corrected chi connectivity index (χ1v) is 13.4. The van der Waals surface area contributed by atoms with Gasteiger partial charge in [0.15, 0.2) is 0 Å². The number of hydrogen-bond acceptors (Lipinski definition) is 5. The molecule has 3 aromatic carbocycles. The lowest BCUT2D eigenvalue weighted by Crippen LogP contribution is -2.44. The van der Waals surface area contributed by atoms with Gasteiger partial charge in [-0.1, -0.05) is 42.5 Å². The van der Waals surface area contributed by atoms with E-state index < -0.39 is 23.7 Å². The summed E-state index contributed by atoms with van der Waals surface area (Å²) in [6.07, 6.45) is -0.103. The number of hydrogen-bond donors (Lipinski definition) is 1. The van der Waals surface area contributed by atoms with Crippen LogP contribution in [0.1, 0.15) is 55.3 Å². The number of halogens is 1. The average molecular weight is 546 g/mol. The molecule has 0 bridgehead atoms. The highest BCUT2D eigenvalue weighted by molar-refractivity contribution is 5.81. The van der Waals surface area contributed by atoms with Crippen molar-refractivity contribution >= 4 is 23.1 Å². The van der Waals surface area contributed by atoms with Crippen molar-refractivity contribution in [2.75, 3.05) is 0 Å². The molecule has 210 valence electrons. The average Bonchev–Trinajstić information content (AvgIpc) is 3.20. The van der Waals surface area contributed by atoms with Crippen molar-refractivity contribution in [3.8, 4) is 0 Å². The summed E-state index contributed by atoms with van der Waals surface area (Å²) in [5.41, 5.74) is 4.89. The van der Waals surface area contributed by atoms with E-state index in [-0.39, 0.29) is 18.8 Å². The minimum Gasteiger partial charge on any atom is -0.459 e. The number of carbonyl (C=O) groups excluding carboxylic acids is 2. The van der Waals surface area contributed by atoms with Gasteiger partial charge in [-0.2, -0.15) is 0 Å². The molecule has 0 spiro atoms. The van der Waals surface area contributed by atoms with Gasteiger partial charge in [-0.05, 0) is 87.6 Å². The van der Waals surface area contributed by atoms with E-state index in [2.05, 4.69) is 11.4 Å². The molecule has 1 heterocycles. The second-order valence-electron chi connectivity index (χ2n) is 11.0. The molecule has 0 aliphatic rings. The summed E-state index contributed by atoms with van der Waals surface area (Å²) in [5.74, 6) is -0.149. The maximum Gasteiger partial charge on any atom is 0.408 e. The monoisotopic (exact) mass is 545 g/mol. The molecule has 40 heavy (non-hydrogen) atoms. The lowest BCUT2D eigenvalue weighted by atomic mass is 10.1. The molecule has 0 saturated carbocycles. The van der Waals surface area contributed by atoms with E-state index in [9.17, 15) is 14.0 Å². The fraction of sp³-hybridized carbons (Fsp3) is 0.344. The van der Waals surface area contributed by atoms with Gasteiger partial charge in [0, 0.05) is 13.0 Å². The molecule has 1 amide bonds. The molecule has 1 N–H and O–H groups in total. The maximum absolute atomic E-state index is 14.0. The van der Waals surface area contributed by atoms with Gasteiger partial charge in [0.2, 0.25) is 0 Å². The van der Waals surface area contributed by atoms with Crippen LogP contribution in [0.15, 0.2) is 66.7 Å². The number of imidazole rings is 1. The Morgan fingerprint density at radius 3 is 2.38 bits per heavy atom. The molecule has 0 radical (unpaired) electrons. The number of aryl methyl sites for hydroxylation is 3. The summed E-state index contributed by atoms with van der Waals surface area (Å²) in [7, 11) is 0. The zero-order valence-electron chi connectivity index (χ0n) is 23.7. The summed E-state index contributed by atoms with van der Waals surface area (Å²) < 4.78 is 27.0. The van der Waals surface area contributed by atoms with E-state index in [4.69, 9.17) is 14.5 Å². The molecular formula is C32H36FN3O4. The highest BCUT2D eigenvalue weighted by atomic mass is 19.1. The Morgan fingerprint density at radius 2 is 1.68 bits per heavy atom. The van der Waals surface area contributed by atoms with Gasteiger partial charge in [0.25, 0.3) is 0 Å². The SMILES string of the molecule is Cc1cc2nc(CCC(NC(=O)OC(C)(C)C)C(=O)OCc3ccccc3)n(Cc3cccc(F)c3)c2cc1C. The first-order chi connectivity index (χ1) is 19.0. The zero-order chi connectivity index (χ0) is 28.9. The van der Waals surface area contributed by atoms with Crippen molar-refractivity contribution in [2.24, 2.45) is 0 Å². The van der Waals surface area contributed by atoms with E-state index >= 15 is 0 Å². The first kappa shape index (κ1) is 28.8. The number of nitrogens with zero attached hydrogens (tertiary/aromatic N) is 2. The predicted molar refractivity (Wildman–Crippen MR) is 152 cm³/mol. The standard InChI is InChI=1S/C32H36FN3O4/c1-21-16-27-28(17-22(21)2)36(19-24-12-9-13-25(33)18-24)29(34-27)15-14-26(35-31(38)40-32(3,4)5)30(37)39-20-23-10-7-6-8-11-23/h6-13,16-18,26H,14-15,19-20H2,1-5H3,(H,35,38). The van der Waals surface area contributed by atoms with Crippen molar-refractivity contribution in [3.63, 3.8) is 0 Å². The third kappa shape index (κ3) is 7.68. The van der Waals surface area contributed by atoms with Gasteiger partial charge < -0.3 is 19.4 Å². The number of fused-ring (bicyclic) bond motifs is 1. The summed E-state index contributed by atoms with van der Waals surface area (Å²) in [5, 5.41) is 2.69. The van der Waals surface area contributed by atoms with Crippen molar-refractivity contribution in [2.45, 2.75) is 72.3 Å². The largest absolute Gasteiger partial charge is 0.459 e. The molecule has 7 nitrogen and oxygen atoms in total. The Balaban J connectivity index is 1.59. The number of nitrogens with one attached hydrogen (secondary N) is 1. The van der Waals surface area contributed by atoms with Crippen LogP contribution in [0.3, 0.4) is 0 Å². The van der Waals surface area contributed by atoms with Crippen molar-refractivity contribution in [3.05, 3.63) is 101 Å². The predicted octanol–water partition coefficient (Wildman–Crippen LogP) is 6.41. The number of carbonyl (C=O) groups is 2. The summed E-state index contributed by atoms with van der Waals surface area (Å²) >= 11 is 0. The lowest BCUT2D eigenvalue weighted by Gasteiger charge is -2.23. The zero-order valence-corrected chi connectivity index (χ0v) is 23.7. The Hall–Kier alpha value is -4.20. The molecule has 4 aromatic rings. The highest BCUT2D eigenvalue weighted by Gasteiger charge is 2.26. The maximum atomic E-state index is 14.0. The lowest BCUT2D eigenvalue weighted by molar-refractivity contribution is -0.147. The molecule has 0 fully saturated rings. The molecule has 1 atom stereocenters. The van der Waals surface area contributed by atoms with Crippen molar-refractivity contribution in [1.82, 2.24) is 14.9 Å². The smallest absolute Gasteiger partial charge is 0.408 e. The van der Waals surface area contributed by atoms with Gasteiger partial charge >= 0.3 is 12.1 Å². The number of esters is 1.